The van der Waals surface area contributed by atoms with E-state index in [-0.39, 0.29) is 0 Å². The van der Waals surface area contributed by atoms with Crippen molar-refractivity contribution in [3.05, 3.63) is 29.3 Å². The van der Waals surface area contributed by atoms with Gasteiger partial charge in [0, 0.05) is 6.54 Å². The first kappa shape index (κ1) is 12.4. The van der Waals surface area contributed by atoms with E-state index in [9.17, 15) is 5.11 Å². The first-order valence-electron chi connectivity index (χ1n) is 6.30. The molecule has 0 saturated carbocycles. The average Bonchev–Trinajstić information content (AvgIpc) is 2.67. The predicted molar refractivity (Wildman–Crippen MR) is 68.4 cm³/mol. The van der Waals surface area contributed by atoms with Gasteiger partial charge in [-0.1, -0.05) is 13.0 Å². The maximum absolute atomic E-state index is 10.7. The summed E-state index contributed by atoms with van der Waals surface area (Å²) >= 11 is 0. The van der Waals surface area contributed by atoms with E-state index in [1.165, 1.54) is 5.56 Å². The molecule has 1 atom stereocenters. The van der Waals surface area contributed by atoms with Crippen molar-refractivity contribution in [3.8, 4) is 5.75 Å². The van der Waals surface area contributed by atoms with Gasteiger partial charge >= 0.3 is 0 Å². The van der Waals surface area contributed by atoms with Crippen LogP contribution >= 0.6 is 0 Å². The fourth-order valence-electron chi connectivity index (χ4n) is 2.47. The molecule has 2 N–H and O–H groups in total. The molecule has 0 radical (unpaired) electrons. The molecule has 2 rings (SSSR count). The molecule has 1 aromatic carbocycles. The third kappa shape index (κ3) is 2.45. The number of aliphatic hydroxyl groups is 1. The molecule has 1 aliphatic carbocycles. The number of methoxy groups -OCH3 is 1. The van der Waals surface area contributed by atoms with Crippen LogP contribution < -0.4 is 10.1 Å². The molecule has 0 spiro atoms. The van der Waals surface area contributed by atoms with Crippen LogP contribution in [0, 0.1) is 0 Å². The summed E-state index contributed by atoms with van der Waals surface area (Å²) in [6, 6.07) is 5.99. The second-order valence-corrected chi connectivity index (χ2v) is 4.73. The van der Waals surface area contributed by atoms with Gasteiger partial charge < -0.3 is 15.2 Å². The van der Waals surface area contributed by atoms with Gasteiger partial charge in [-0.25, -0.2) is 0 Å². The standard InChI is InChI=1S/C14H21NO2/c1-3-8-15-10-14(16)7-6-11-4-5-12(17-2)9-13(11)14/h4-5,9,15-16H,3,6-8,10H2,1-2H3. The number of benzene rings is 1. The number of rotatable bonds is 5. The average molecular weight is 235 g/mol. The summed E-state index contributed by atoms with van der Waals surface area (Å²) in [5.41, 5.74) is 1.55. The largest absolute Gasteiger partial charge is 0.497 e. The summed E-state index contributed by atoms with van der Waals surface area (Å²) in [7, 11) is 1.66. The number of aryl methyl sites for hydroxylation is 1. The Hall–Kier alpha value is -1.06. The van der Waals surface area contributed by atoms with Crippen LogP contribution in [0.25, 0.3) is 0 Å². The zero-order valence-electron chi connectivity index (χ0n) is 10.6. The molecule has 0 amide bonds. The summed E-state index contributed by atoms with van der Waals surface area (Å²) in [5, 5.41) is 14.0. The van der Waals surface area contributed by atoms with Gasteiger partial charge in [0.2, 0.25) is 0 Å². The highest BCUT2D eigenvalue weighted by atomic mass is 16.5. The van der Waals surface area contributed by atoms with Gasteiger partial charge in [0.15, 0.2) is 0 Å². The number of hydrogen-bond acceptors (Lipinski definition) is 3. The molecule has 94 valence electrons. The van der Waals surface area contributed by atoms with E-state index in [1.807, 2.05) is 12.1 Å². The van der Waals surface area contributed by atoms with Crippen LogP contribution in [0.3, 0.4) is 0 Å². The zero-order chi connectivity index (χ0) is 12.3. The van der Waals surface area contributed by atoms with Crippen molar-refractivity contribution >= 4 is 0 Å². The molecule has 0 aromatic heterocycles. The fraction of sp³-hybridized carbons (Fsp3) is 0.571. The lowest BCUT2D eigenvalue weighted by molar-refractivity contribution is 0.0388. The third-order valence-electron chi connectivity index (χ3n) is 3.47. The molecule has 0 heterocycles. The van der Waals surface area contributed by atoms with E-state index < -0.39 is 5.60 Å². The molecule has 3 nitrogen and oxygen atoms in total. The zero-order valence-corrected chi connectivity index (χ0v) is 10.6. The minimum atomic E-state index is -0.723. The molecule has 1 unspecified atom stereocenters. The fourth-order valence-corrected chi connectivity index (χ4v) is 2.47. The smallest absolute Gasteiger partial charge is 0.119 e. The lowest BCUT2D eigenvalue weighted by Gasteiger charge is -2.24. The highest BCUT2D eigenvalue weighted by Crippen LogP contribution is 2.38. The SMILES string of the molecule is CCCNCC1(O)CCc2ccc(OC)cc21. The monoisotopic (exact) mass is 235 g/mol. The number of hydrogen-bond donors (Lipinski definition) is 2. The van der Waals surface area contributed by atoms with Gasteiger partial charge in [0.1, 0.15) is 11.4 Å². The molecule has 0 saturated heterocycles. The molecule has 3 heteroatoms. The van der Waals surface area contributed by atoms with Crippen LogP contribution in [0.2, 0.25) is 0 Å². The lowest BCUT2D eigenvalue weighted by Crippen LogP contribution is -2.36. The van der Waals surface area contributed by atoms with Gasteiger partial charge in [0.25, 0.3) is 0 Å². The van der Waals surface area contributed by atoms with Crippen molar-refractivity contribution in [1.82, 2.24) is 5.32 Å². The molecule has 1 aliphatic rings. The Morgan fingerprint density at radius 3 is 3.00 bits per heavy atom. The maximum Gasteiger partial charge on any atom is 0.119 e. The Balaban J connectivity index is 2.18. The highest BCUT2D eigenvalue weighted by Gasteiger charge is 2.36. The Morgan fingerprint density at radius 2 is 2.29 bits per heavy atom. The Morgan fingerprint density at radius 1 is 1.47 bits per heavy atom. The van der Waals surface area contributed by atoms with Crippen LogP contribution in [0.1, 0.15) is 30.9 Å². The van der Waals surface area contributed by atoms with E-state index >= 15 is 0 Å². The minimum absolute atomic E-state index is 0.626. The van der Waals surface area contributed by atoms with Gasteiger partial charge in [-0.2, -0.15) is 0 Å². The first-order chi connectivity index (χ1) is 8.19. The van der Waals surface area contributed by atoms with E-state index in [4.69, 9.17) is 4.74 Å². The van der Waals surface area contributed by atoms with Crippen LogP contribution in [0.4, 0.5) is 0 Å². The Kier molecular flexibility index (Phi) is 3.69. The van der Waals surface area contributed by atoms with Crippen LogP contribution in [-0.2, 0) is 12.0 Å². The summed E-state index contributed by atoms with van der Waals surface area (Å²) in [4.78, 5) is 0. The summed E-state index contributed by atoms with van der Waals surface area (Å²) in [5.74, 6) is 0.819. The van der Waals surface area contributed by atoms with Crippen molar-refractivity contribution in [2.24, 2.45) is 0 Å². The Bertz CT molecular complexity index is 392. The molecule has 17 heavy (non-hydrogen) atoms. The van der Waals surface area contributed by atoms with Gasteiger partial charge in [-0.15, -0.1) is 0 Å². The summed E-state index contributed by atoms with van der Waals surface area (Å²) in [6.45, 7) is 3.70. The normalized spacial score (nSPS) is 22.5. The second kappa shape index (κ2) is 5.07. The second-order valence-electron chi connectivity index (χ2n) is 4.73. The van der Waals surface area contributed by atoms with E-state index in [0.29, 0.717) is 6.54 Å². The maximum atomic E-state index is 10.7. The lowest BCUT2D eigenvalue weighted by atomic mass is 9.95. The quantitative estimate of drug-likeness (QED) is 0.765. The summed E-state index contributed by atoms with van der Waals surface area (Å²) in [6.07, 6.45) is 2.83. The molecule has 0 fully saturated rings. The molecule has 0 bridgehead atoms. The van der Waals surface area contributed by atoms with E-state index in [1.54, 1.807) is 7.11 Å². The number of ether oxygens (including phenoxy) is 1. The highest BCUT2D eigenvalue weighted by molar-refractivity contribution is 5.43. The summed E-state index contributed by atoms with van der Waals surface area (Å²) < 4.78 is 5.23. The van der Waals surface area contributed by atoms with Crippen LogP contribution in [0.15, 0.2) is 18.2 Å². The number of fused-ring (bicyclic) bond motifs is 1. The van der Waals surface area contributed by atoms with Crippen molar-refractivity contribution in [2.75, 3.05) is 20.2 Å². The predicted octanol–water partition coefficient (Wildman–Crippen LogP) is 1.83. The van der Waals surface area contributed by atoms with Gasteiger partial charge in [-0.05, 0) is 49.1 Å². The van der Waals surface area contributed by atoms with E-state index in [2.05, 4.69) is 18.3 Å². The molecule has 1 aromatic rings. The van der Waals surface area contributed by atoms with Crippen LogP contribution in [-0.4, -0.2) is 25.3 Å². The van der Waals surface area contributed by atoms with Gasteiger partial charge in [0.05, 0.1) is 7.11 Å². The number of nitrogens with one attached hydrogen (secondary N) is 1. The van der Waals surface area contributed by atoms with Crippen LogP contribution in [0.5, 0.6) is 5.75 Å². The van der Waals surface area contributed by atoms with E-state index in [0.717, 1.165) is 37.1 Å². The topological polar surface area (TPSA) is 41.5 Å². The molecule has 0 aliphatic heterocycles. The van der Waals surface area contributed by atoms with Crippen molar-refractivity contribution in [1.29, 1.82) is 0 Å². The molecular weight excluding hydrogens is 214 g/mol. The van der Waals surface area contributed by atoms with Crippen molar-refractivity contribution in [3.63, 3.8) is 0 Å². The van der Waals surface area contributed by atoms with Crippen molar-refractivity contribution < 1.29 is 9.84 Å². The Labute approximate surface area is 103 Å². The van der Waals surface area contributed by atoms with Crippen molar-refractivity contribution in [2.45, 2.75) is 31.8 Å². The van der Waals surface area contributed by atoms with Gasteiger partial charge in [-0.3, -0.25) is 0 Å². The molecular formula is C14H21NO2. The third-order valence-corrected chi connectivity index (χ3v) is 3.47. The minimum Gasteiger partial charge on any atom is -0.497 e. The first-order valence-corrected chi connectivity index (χ1v) is 6.30.